The lowest BCUT2D eigenvalue weighted by atomic mass is 10.1. The molecule has 0 aromatic heterocycles. The first-order valence-corrected chi connectivity index (χ1v) is 7.05. The standard InChI is InChI=1S/C16H15ClN2O2/c1-10-16(20)19(14-4-2-3-5-15(14)21-10)9-11-6-7-12(17)13(18)8-11/h2-8,10H,9,18H2,1H3. The Hall–Kier alpha value is -2.20. The van der Waals surface area contributed by atoms with Gasteiger partial charge >= 0.3 is 0 Å². The van der Waals surface area contributed by atoms with Gasteiger partial charge in [-0.3, -0.25) is 4.79 Å². The van der Waals surface area contributed by atoms with Crippen LogP contribution >= 0.6 is 11.6 Å². The molecule has 0 fully saturated rings. The molecule has 0 saturated carbocycles. The number of fused-ring (bicyclic) bond motifs is 1. The van der Waals surface area contributed by atoms with Crippen molar-refractivity contribution in [2.24, 2.45) is 0 Å². The Morgan fingerprint density at radius 1 is 1.29 bits per heavy atom. The summed E-state index contributed by atoms with van der Waals surface area (Å²) in [4.78, 5) is 14.1. The number of carbonyl (C=O) groups excluding carboxylic acids is 1. The molecule has 1 aliphatic heterocycles. The number of amides is 1. The van der Waals surface area contributed by atoms with Crippen LogP contribution in [0.2, 0.25) is 5.02 Å². The SMILES string of the molecule is CC1Oc2ccccc2N(Cc2ccc(Cl)c(N)c2)C1=O. The molecule has 3 rings (SSSR count). The van der Waals surface area contributed by atoms with Gasteiger partial charge in [0.1, 0.15) is 5.75 Å². The summed E-state index contributed by atoms with van der Waals surface area (Å²) in [5.41, 5.74) is 8.03. The molecule has 108 valence electrons. The molecule has 1 amide bonds. The van der Waals surface area contributed by atoms with Crippen LogP contribution in [0.15, 0.2) is 42.5 Å². The monoisotopic (exact) mass is 302 g/mol. The number of nitrogens with zero attached hydrogens (tertiary/aromatic N) is 1. The number of nitrogens with two attached hydrogens (primary N) is 1. The number of rotatable bonds is 2. The second-order valence-electron chi connectivity index (χ2n) is 5.01. The van der Waals surface area contributed by atoms with Crippen molar-refractivity contribution < 1.29 is 9.53 Å². The second kappa shape index (κ2) is 5.30. The third-order valence-electron chi connectivity index (χ3n) is 3.47. The molecule has 4 nitrogen and oxygen atoms in total. The highest BCUT2D eigenvalue weighted by molar-refractivity contribution is 6.33. The largest absolute Gasteiger partial charge is 0.479 e. The van der Waals surface area contributed by atoms with Gasteiger partial charge in [-0.05, 0) is 36.8 Å². The van der Waals surface area contributed by atoms with Crippen LogP contribution in [-0.4, -0.2) is 12.0 Å². The van der Waals surface area contributed by atoms with Crippen LogP contribution in [0.25, 0.3) is 0 Å². The number of ether oxygens (including phenoxy) is 1. The van der Waals surface area contributed by atoms with Gasteiger partial charge in [-0.25, -0.2) is 0 Å². The van der Waals surface area contributed by atoms with Crippen LogP contribution in [0, 0.1) is 0 Å². The Bertz CT molecular complexity index is 702. The first-order chi connectivity index (χ1) is 10.1. The molecule has 0 bridgehead atoms. The van der Waals surface area contributed by atoms with Gasteiger partial charge in [0.2, 0.25) is 0 Å². The summed E-state index contributed by atoms with van der Waals surface area (Å²) in [7, 11) is 0. The van der Waals surface area contributed by atoms with Gasteiger partial charge < -0.3 is 15.4 Å². The fraction of sp³-hybridized carbons (Fsp3) is 0.188. The zero-order valence-corrected chi connectivity index (χ0v) is 12.3. The minimum Gasteiger partial charge on any atom is -0.479 e. The molecule has 2 aromatic rings. The van der Waals surface area contributed by atoms with Crippen molar-refractivity contribution in [3.63, 3.8) is 0 Å². The number of benzene rings is 2. The van der Waals surface area contributed by atoms with E-state index in [4.69, 9.17) is 22.1 Å². The highest BCUT2D eigenvalue weighted by atomic mass is 35.5. The number of carbonyl (C=O) groups is 1. The smallest absolute Gasteiger partial charge is 0.268 e. The highest BCUT2D eigenvalue weighted by Gasteiger charge is 2.31. The van der Waals surface area contributed by atoms with Gasteiger partial charge in [0.15, 0.2) is 6.10 Å². The molecule has 0 aliphatic carbocycles. The summed E-state index contributed by atoms with van der Waals surface area (Å²) in [5.74, 6) is 0.647. The third-order valence-corrected chi connectivity index (χ3v) is 3.82. The predicted octanol–water partition coefficient (Wildman–Crippen LogP) is 3.24. The van der Waals surface area contributed by atoms with Crippen molar-refractivity contribution in [1.29, 1.82) is 0 Å². The number of hydrogen-bond acceptors (Lipinski definition) is 3. The van der Waals surface area contributed by atoms with Gasteiger partial charge in [-0.15, -0.1) is 0 Å². The minimum absolute atomic E-state index is 0.0674. The van der Waals surface area contributed by atoms with Crippen molar-refractivity contribution in [2.45, 2.75) is 19.6 Å². The topological polar surface area (TPSA) is 55.6 Å². The molecule has 2 N–H and O–H groups in total. The maximum atomic E-state index is 12.4. The first-order valence-electron chi connectivity index (χ1n) is 6.67. The van der Waals surface area contributed by atoms with Crippen LogP contribution in [0.3, 0.4) is 0 Å². The maximum Gasteiger partial charge on any atom is 0.268 e. The lowest BCUT2D eigenvalue weighted by Crippen LogP contribution is -2.43. The third kappa shape index (κ3) is 2.54. The van der Waals surface area contributed by atoms with E-state index in [2.05, 4.69) is 0 Å². The van der Waals surface area contributed by atoms with Gasteiger partial charge in [0, 0.05) is 0 Å². The Kier molecular flexibility index (Phi) is 3.47. The number of hydrogen-bond donors (Lipinski definition) is 1. The molecule has 1 heterocycles. The highest BCUT2D eigenvalue weighted by Crippen LogP contribution is 2.35. The van der Waals surface area contributed by atoms with Gasteiger partial charge in [0.05, 0.1) is 22.9 Å². The van der Waals surface area contributed by atoms with E-state index in [1.807, 2.05) is 30.3 Å². The van der Waals surface area contributed by atoms with E-state index < -0.39 is 6.10 Å². The molecule has 0 radical (unpaired) electrons. The van der Waals surface area contributed by atoms with E-state index in [9.17, 15) is 4.79 Å². The zero-order valence-electron chi connectivity index (χ0n) is 11.5. The van der Waals surface area contributed by atoms with E-state index in [1.165, 1.54) is 0 Å². The minimum atomic E-state index is -0.496. The van der Waals surface area contributed by atoms with E-state index >= 15 is 0 Å². The maximum absolute atomic E-state index is 12.4. The summed E-state index contributed by atoms with van der Waals surface area (Å²) in [6.45, 7) is 2.19. The molecule has 2 aromatic carbocycles. The quantitative estimate of drug-likeness (QED) is 0.867. The van der Waals surface area contributed by atoms with Crippen molar-refractivity contribution in [3.8, 4) is 5.75 Å². The molecular weight excluding hydrogens is 288 g/mol. The molecule has 1 aliphatic rings. The van der Waals surface area contributed by atoms with Crippen LogP contribution in [0.5, 0.6) is 5.75 Å². The molecular formula is C16H15ClN2O2. The molecule has 0 saturated heterocycles. The van der Waals surface area contributed by atoms with Gasteiger partial charge in [0.25, 0.3) is 5.91 Å². The van der Waals surface area contributed by atoms with Crippen LogP contribution in [0.1, 0.15) is 12.5 Å². The van der Waals surface area contributed by atoms with E-state index in [0.717, 1.165) is 11.3 Å². The first kappa shape index (κ1) is 13.8. The van der Waals surface area contributed by atoms with Crippen molar-refractivity contribution in [1.82, 2.24) is 0 Å². The normalized spacial score (nSPS) is 17.3. The average molecular weight is 303 g/mol. The van der Waals surface area contributed by atoms with Gasteiger partial charge in [-0.2, -0.15) is 0 Å². The molecule has 0 spiro atoms. The second-order valence-corrected chi connectivity index (χ2v) is 5.42. The van der Waals surface area contributed by atoms with Crippen molar-refractivity contribution in [3.05, 3.63) is 53.1 Å². The fourth-order valence-electron chi connectivity index (χ4n) is 2.40. The van der Waals surface area contributed by atoms with Crippen LogP contribution < -0.4 is 15.4 Å². The van der Waals surface area contributed by atoms with Crippen LogP contribution in [-0.2, 0) is 11.3 Å². The van der Waals surface area contributed by atoms with Crippen molar-refractivity contribution >= 4 is 28.9 Å². The number of nitrogen functional groups attached to an aromatic ring is 1. The number of para-hydroxylation sites is 2. The summed E-state index contributed by atoms with van der Waals surface area (Å²) in [6.07, 6.45) is -0.496. The van der Waals surface area contributed by atoms with Gasteiger partial charge in [-0.1, -0.05) is 29.8 Å². The van der Waals surface area contributed by atoms with E-state index in [1.54, 1.807) is 24.0 Å². The zero-order chi connectivity index (χ0) is 15.0. The fourth-order valence-corrected chi connectivity index (χ4v) is 2.51. The number of halogens is 1. The summed E-state index contributed by atoms with van der Waals surface area (Å²) in [5, 5.41) is 0.515. The lowest BCUT2D eigenvalue weighted by molar-refractivity contribution is -0.125. The summed E-state index contributed by atoms with van der Waals surface area (Å²) >= 11 is 5.93. The van der Waals surface area contributed by atoms with E-state index in [0.29, 0.717) is 23.0 Å². The number of anilines is 2. The Balaban J connectivity index is 1.96. The Labute approximate surface area is 128 Å². The van der Waals surface area contributed by atoms with E-state index in [-0.39, 0.29) is 5.91 Å². The Morgan fingerprint density at radius 3 is 2.81 bits per heavy atom. The summed E-state index contributed by atoms with van der Waals surface area (Å²) < 4.78 is 5.62. The summed E-state index contributed by atoms with van der Waals surface area (Å²) in [6, 6.07) is 12.9. The average Bonchev–Trinajstić information content (AvgIpc) is 2.47. The predicted molar refractivity (Wildman–Crippen MR) is 83.6 cm³/mol. The lowest BCUT2D eigenvalue weighted by Gasteiger charge is -2.33. The Morgan fingerprint density at radius 2 is 2.05 bits per heavy atom. The molecule has 1 atom stereocenters. The molecule has 5 heteroatoms. The van der Waals surface area contributed by atoms with Crippen molar-refractivity contribution in [2.75, 3.05) is 10.6 Å². The molecule has 1 unspecified atom stereocenters. The molecule has 21 heavy (non-hydrogen) atoms. The van der Waals surface area contributed by atoms with Crippen LogP contribution in [0.4, 0.5) is 11.4 Å².